The van der Waals surface area contributed by atoms with Crippen LogP contribution in [0.4, 0.5) is 0 Å². The van der Waals surface area contributed by atoms with Crippen molar-refractivity contribution in [2.24, 2.45) is 11.7 Å². The molecule has 1 saturated heterocycles. The van der Waals surface area contributed by atoms with E-state index in [0.29, 0.717) is 13.0 Å². The molecule has 1 fully saturated rings. The number of rotatable bonds is 8. The van der Waals surface area contributed by atoms with Gasteiger partial charge in [-0.15, -0.1) is 12.4 Å². The fraction of sp³-hybridized carbons (Fsp3) is 0.556. The smallest absolute Gasteiger partial charge is 0.306 e. The fourth-order valence-electron chi connectivity index (χ4n) is 3.28. The lowest BCUT2D eigenvalue weighted by Gasteiger charge is -2.24. The van der Waals surface area contributed by atoms with Crippen LogP contribution in [0.15, 0.2) is 30.3 Å². The number of aryl methyl sites for hydroxylation is 1. The van der Waals surface area contributed by atoms with Crippen molar-refractivity contribution in [1.29, 1.82) is 0 Å². The molecule has 0 aliphatic carbocycles. The Kier molecular flexibility index (Phi) is 8.79. The molecule has 24 heavy (non-hydrogen) atoms. The molecule has 1 amide bonds. The number of carbonyl (C=O) groups is 2. The zero-order chi connectivity index (χ0) is 16.7. The number of methoxy groups -OCH3 is 1. The van der Waals surface area contributed by atoms with Crippen LogP contribution in [0.25, 0.3) is 0 Å². The highest BCUT2D eigenvalue weighted by Gasteiger charge is 2.39. The predicted molar refractivity (Wildman–Crippen MR) is 95.9 cm³/mol. The number of nitrogens with two attached hydrogens (primary N) is 1. The van der Waals surface area contributed by atoms with Gasteiger partial charge in [-0.3, -0.25) is 9.59 Å². The zero-order valence-corrected chi connectivity index (χ0v) is 15.0. The van der Waals surface area contributed by atoms with E-state index in [1.54, 1.807) is 0 Å². The summed E-state index contributed by atoms with van der Waals surface area (Å²) in [6, 6.07) is 10.4. The monoisotopic (exact) mass is 354 g/mol. The molecule has 0 unspecified atom stereocenters. The summed E-state index contributed by atoms with van der Waals surface area (Å²) in [5.41, 5.74) is 6.96. The number of benzene rings is 1. The average molecular weight is 355 g/mol. The summed E-state index contributed by atoms with van der Waals surface area (Å²) in [6.45, 7) is 1.27. The van der Waals surface area contributed by atoms with E-state index in [1.807, 2.05) is 23.1 Å². The topological polar surface area (TPSA) is 72.6 Å². The molecular formula is C18H27ClN2O3. The molecule has 1 aliphatic heterocycles. The number of halogens is 1. The highest BCUT2D eigenvalue weighted by atomic mass is 35.5. The minimum atomic E-state index is -0.319. The lowest BCUT2D eigenvalue weighted by molar-refractivity contribution is -0.144. The van der Waals surface area contributed by atoms with Crippen molar-refractivity contribution in [2.45, 2.75) is 38.1 Å². The van der Waals surface area contributed by atoms with Gasteiger partial charge in [0, 0.05) is 12.6 Å². The van der Waals surface area contributed by atoms with E-state index >= 15 is 0 Å². The van der Waals surface area contributed by atoms with Crippen molar-refractivity contribution in [3.8, 4) is 0 Å². The van der Waals surface area contributed by atoms with Crippen LogP contribution in [-0.2, 0) is 20.7 Å². The maximum atomic E-state index is 12.6. The molecule has 2 N–H and O–H groups in total. The molecule has 1 heterocycles. The van der Waals surface area contributed by atoms with Crippen LogP contribution in [0.2, 0.25) is 0 Å². The third-order valence-corrected chi connectivity index (χ3v) is 4.48. The first-order valence-electron chi connectivity index (χ1n) is 8.27. The van der Waals surface area contributed by atoms with E-state index in [1.165, 1.54) is 12.7 Å². The summed E-state index contributed by atoms with van der Waals surface area (Å²) < 4.78 is 4.70. The largest absolute Gasteiger partial charge is 0.469 e. The van der Waals surface area contributed by atoms with Gasteiger partial charge in [-0.25, -0.2) is 0 Å². The van der Waals surface area contributed by atoms with Crippen molar-refractivity contribution < 1.29 is 14.3 Å². The Hall–Kier alpha value is -1.59. The molecule has 5 nitrogen and oxygen atoms in total. The normalized spacial score (nSPS) is 19.9. The van der Waals surface area contributed by atoms with Crippen molar-refractivity contribution >= 4 is 24.3 Å². The van der Waals surface area contributed by atoms with Crippen LogP contribution in [0.1, 0.15) is 31.2 Å². The number of esters is 1. The summed E-state index contributed by atoms with van der Waals surface area (Å²) in [4.78, 5) is 25.9. The van der Waals surface area contributed by atoms with E-state index in [2.05, 4.69) is 12.1 Å². The Morgan fingerprint density at radius 2 is 2.04 bits per heavy atom. The van der Waals surface area contributed by atoms with E-state index < -0.39 is 0 Å². The third kappa shape index (κ3) is 5.49. The molecule has 0 bridgehead atoms. The molecule has 0 aromatic heterocycles. The van der Waals surface area contributed by atoms with Crippen molar-refractivity contribution in [3.63, 3.8) is 0 Å². The molecule has 134 valence electrons. The lowest BCUT2D eigenvalue weighted by Crippen LogP contribution is -2.36. The number of likely N-dealkylation sites (tertiary alicyclic amines) is 1. The van der Waals surface area contributed by atoms with Crippen LogP contribution in [0, 0.1) is 5.92 Å². The molecular weight excluding hydrogens is 328 g/mol. The minimum Gasteiger partial charge on any atom is -0.469 e. The van der Waals surface area contributed by atoms with E-state index in [-0.39, 0.29) is 42.7 Å². The first-order chi connectivity index (χ1) is 11.2. The van der Waals surface area contributed by atoms with Crippen LogP contribution in [-0.4, -0.2) is 43.0 Å². The summed E-state index contributed by atoms with van der Waals surface area (Å²) in [5, 5.41) is 0. The Labute approximate surface area is 149 Å². The molecule has 0 spiro atoms. The zero-order valence-electron chi connectivity index (χ0n) is 14.1. The quantitative estimate of drug-likeness (QED) is 0.726. The number of ether oxygens (including phenoxy) is 1. The SMILES string of the molecule is COC(=O)C[C@@H]1C[C@@H](CCN)N(CCCc2ccccc2)C1=O.Cl. The minimum absolute atomic E-state index is 0. The molecule has 1 aromatic carbocycles. The summed E-state index contributed by atoms with van der Waals surface area (Å²) in [7, 11) is 1.36. The molecule has 0 radical (unpaired) electrons. The van der Waals surface area contributed by atoms with Crippen molar-refractivity contribution in [1.82, 2.24) is 4.90 Å². The Balaban J connectivity index is 0.00000288. The van der Waals surface area contributed by atoms with Gasteiger partial charge in [-0.1, -0.05) is 30.3 Å². The number of nitrogens with zero attached hydrogens (tertiary/aromatic N) is 1. The predicted octanol–water partition coefficient (Wildman–Crippen LogP) is 2.17. The van der Waals surface area contributed by atoms with Crippen LogP contribution in [0.5, 0.6) is 0 Å². The standard InChI is InChI=1S/C18H26N2O3.ClH/c1-23-17(21)13-15-12-16(9-10-19)20(18(15)22)11-5-8-14-6-3-2-4-7-14;/h2-4,6-7,15-16H,5,8-13,19H2,1H3;1H/t15-,16+;/m0./s1. The first-order valence-corrected chi connectivity index (χ1v) is 8.27. The van der Waals surface area contributed by atoms with Gasteiger partial charge in [0.05, 0.1) is 19.4 Å². The third-order valence-electron chi connectivity index (χ3n) is 4.48. The maximum absolute atomic E-state index is 12.6. The van der Waals surface area contributed by atoms with Gasteiger partial charge in [-0.05, 0) is 37.8 Å². The molecule has 2 rings (SSSR count). The first kappa shape index (κ1) is 20.5. The molecule has 1 aliphatic rings. The summed E-state index contributed by atoms with van der Waals surface area (Å²) >= 11 is 0. The van der Waals surface area contributed by atoms with Crippen LogP contribution < -0.4 is 5.73 Å². The second-order valence-corrected chi connectivity index (χ2v) is 6.06. The average Bonchev–Trinajstić information content (AvgIpc) is 2.85. The number of hydrogen-bond donors (Lipinski definition) is 1. The molecule has 0 saturated carbocycles. The summed E-state index contributed by atoms with van der Waals surface area (Å²) in [5.74, 6) is -0.501. The van der Waals surface area contributed by atoms with E-state index in [4.69, 9.17) is 10.5 Å². The van der Waals surface area contributed by atoms with Crippen molar-refractivity contribution in [3.05, 3.63) is 35.9 Å². The highest BCUT2D eigenvalue weighted by Crippen LogP contribution is 2.29. The van der Waals surface area contributed by atoms with Gasteiger partial charge in [0.1, 0.15) is 0 Å². The number of amides is 1. The Morgan fingerprint density at radius 3 is 2.67 bits per heavy atom. The van der Waals surface area contributed by atoms with Gasteiger partial charge in [0.2, 0.25) is 5.91 Å². The number of carbonyl (C=O) groups excluding carboxylic acids is 2. The van der Waals surface area contributed by atoms with Gasteiger partial charge in [0.25, 0.3) is 0 Å². The van der Waals surface area contributed by atoms with Gasteiger partial charge in [0.15, 0.2) is 0 Å². The molecule has 2 atom stereocenters. The fourth-order valence-corrected chi connectivity index (χ4v) is 3.28. The lowest BCUT2D eigenvalue weighted by atomic mass is 10.00. The van der Waals surface area contributed by atoms with Crippen LogP contribution in [0.3, 0.4) is 0 Å². The Bertz CT molecular complexity index is 524. The summed E-state index contributed by atoms with van der Waals surface area (Å²) in [6.07, 6.45) is 3.53. The Morgan fingerprint density at radius 1 is 1.33 bits per heavy atom. The second-order valence-electron chi connectivity index (χ2n) is 6.06. The maximum Gasteiger partial charge on any atom is 0.306 e. The van der Waals surface area contributed by atoms with E-state index in [0.717, 1.165) is 25.8 Å². The van der Waals surface area contributed by atoms with Gasteiger partial charge in [-0.2, -0.15) is 0 Å². The van der Waals surface area contributed by atoms with E-state index in [9.17, 15) is 9.59 Å². The highest BCUT2D eigenvalue weighted by molar-refractivity contribution is 5.86. The van der Waals surface area contributed by atoms with Gasteiger partial charge >= 0.3 is 5.97 Å². The number of hydrogen-bond acceptors (Lipinski definition) is 4. The van der Waals surface area contributed by atoms with Gasteiger partial charge < -0.3 is 15.4 Å². The van der Waals surface area contributed by atoms with Crippen molar-refractivity contribution in [2.75, 3.05) is 20.2 Å². The molecule has 6 heteroatoms. The molecule has 1 aromatic rings. The second kappa shape index (κ2) is 10.3. The van der Waals surface area contributed by atoms with Crippen LogP contribution >= 0.6 is 12.4 Å².